The van der Waals surface area contributed by atoms with E-state index < -0.39 is 11.9 Å². The zero-order valence-corrected chi connectivity index (χ0v) is 12.5. The maximum atomic E-state index is 12.6. The molecule has 1 aromatic carbocycles. The number of hydrogen-bond acceptors (Lipinski definition) is 5. The van der Waals surface area contributed by atoms with Crippen LogP contribution in [0.4, 0.5) is 18.3 Å². The minimum absolute atomic E-state index is 0.321. The Hall–Kier alpha value is -1.96. The summed E-state index contributed by atoms with van der Waals surface area (Å²) in [6.07, 6.45) is -4.41. The minimum atomic E-state index is -4.41. The third kappa shape index (κ3) is 3.11. The standard InChI is InChI=1S/C14H13F3N2O2S/c1-19(13-18-12(8-22-13)14(15,16)17)7-9-2-3-10-11(6-9)21-5-4-20-10/h2-3,6,8H,4-5,7H2,1H3. The highest BCUT2D eigenvalue weighted by molar-refractivity contribution is 7.13. The van der Waals surface area contributed by atoms with Gasteiger partial charge < -0.3 is 14.4 Å². The van der Waals surface area contributed by atoms with Gasteiger partial charge in [-0.2, -0.15) is 13.2 Å². The Kier molecular flexibility index (Phi) is 3.86. The lowest BCUT2D eigenvalue weighted by molar-refractivity contribution is -0.140. The van der Waals surface area contributed by atoms with E-state index in [2.05, 4.69) is 4.98 Å². The zero-order chi connectivity index (χ0) is 15.7. The molecule has 1 aromatic heterocycles. The number of hydrogen-bond donors (Lipinski definition) is 0. The molecule has 8 heteroatoms. The van der Waals surface area contributed by atoms with Gasteiger partial charge in [-0.25, -0.2) is 4.98 Å². The van der Waals surface area contributed by atoms with Crippen molar-refractivity contribution in [3.05, 3.63) is 34.8 Å². The van der Waals surface area contributed by atoms with E-state index >= 15 is 0 Å². The predicted octanol–water partition coefficient (Wildman–Crippen LogP) is 3.57. The van der Waals surface area contributed by atoms with Crippen molar-refractivity contribution in [2.75, 3.05) is 25.2 Å². The molecule has 0 radical (unpaired) electrons. The second-order valence-corrected chi connectivity index (χ2v) is 5.68. The third-order valence-electron chi connectivity index (χ3n) is 3.14. The summed E-state index contributed by atoms with van der Waals surface area (Å²) in [6, 6.07) is 5.51. The van der Waals surface area contributed by atoms with E-state index in [-0.39, 0.29) is 0 Å². The molecule has 118 valence electrons. The molecule has 1 aliphatic rings. The fraction of sp³-hybridized carbons (Fsp3) is 0.357. The first-order valence-electron chi connectivity index (χ1n) is 6.56. The molecule has 0 atom stereocenters. The number of ether oxygens (including phenoxy) is 2. The minimum Gasteiger partial charge on any atom is -0.486 e. The highest BCUT2D eigenvalue weighted by Crippen LogP contribution is 2.34. The molecule has 0 amide bonds. The van der Waals surface area contributed by atoms with Crippen molar-refractivity contribution in [3.63, 3.8) is 0 Å². The second-order valence-electron chi connectivity index (χ2n) is 4.85. The predicted molar refractivity (Wildman–Crippen MR) is 76.7 cm³/mol. The van der Waals surface area contributed by atoms with Crippen LogP contribution in [0, 0.1) is 0 Å². The second kappa shape index (κ2) is 5.68. The Labute approximate surface area is 129 Å². The molecule has 0 saturated carbocycles. The summed E-state index contributed by atoms with van der Waals surface area (Å²) in [7, 11) is 1.70. The maximum absolute atomic E-state index is 12.6. The van der Waals surface area contributed by atoms with E-state index in [1.54, 1.807) is 18.0 Å². The Bertz CT molecular complexity index is 672. The SMILES string of the molecule is CN(Cc1ccc2c(c1)OCCO2)c1nc(C(F)(F)F)cs1. The fourth-order valence-electron chi connectivity index (χ4n) is 2.10. The molecule has 1 aliphatic heterocycles. The van der Waals surface area contributed by atoms with E-state index in [1.807, 2.05) is 12.1 Å². The van der Waals surface area contributed by atoms with Gasteiger partial charge in [-0.05, 0) is 17.7 Å². The van der Waals surface area contributed by atoms with Crippen LogP contribution in [0.5, 0.6) is 11.5 Å². The van der Waals surface area contributed by atoms with Crippen molar-refractivity contribution >= 4 is 16.5 Å². The molecule has 0 saturated heterocycles. The summed E-state index contributed by atoms with van der Waals surface area (Å²) < 4.78 is 48.7. The highest BCUT2D eigenvalue weighted by Gasteiger charge is 2.34. The summed E-state index contributed by atoms with van der Waals surface area (Å²) in [6.45, 7) is 1.45. The summed E-state index contributed by atoms with van der Waals surface area (Å²) >= 11 is 0.971. The Balaban J connectivity index is 1.74. The van der Waals surface area contributed by atoms with E-state index in [9.17, 15) is 13.2 Å². The molecule has 0 bridgehead atoms. The smallest absolute Gasteiger partial charge is 0.434 e. The number of alkyl halides is 3. The maximum Gasteiger partial charge on any atom is 0.434 e. The van der Waals surface area contributed by atoms with Gasteiger partial charge in [0.15, 0.2) is 22.3 Å². The number of benzene rings is 1. The molecule has 4 nitrogen and oxygen atoms in total. The van der Waals surface area contributed by atoms with E-state index in [0.29, 0.717) is 36.4 Å². The van der Waals surface area contributed by atoms with E-state index in [1.165, 1.54) is 0 Å². The zero-order valence-electron chi connectivity index (χ0n) is 11.7. The molecule has 0 N–H and O–H groups in total. The van der Waals surface area contributed by atoms with Gasteiger partial charge in [-0.3, -0.25) is 0 Å². The number of halogens is 3. The van der Waals surface area contributed by atoms with Gasteiger partial charge in [-0.1, -0.05) is 6.07 Å². The van der Waals surface area contributed by atoms with Gasteiger partial charge in [0.2, 0.25) is 0 Å². The van der Waals surface area contributed by atoms with Crippen molar-refractivity contribution in [1.29, 1.82) is 0 Å². The van der Waals surface area contributed by atoms with Gasteiger partial charge in [0.25, 0.3) is 0 Å². The van der Waals surface area contributed by atoms with Crippen LogP contribution in [0.25, 0.3) is 0 Å². The number of rotatable bonds is 3. The van der Waals surface area contributed by atoms with Gasteiger partial charge in [0, 0.05) is 19.0 Å². The first-order chi connectivity index (χ1) is 10.4. The van der Waals surface area contributed by atoms with E-state index in [0.717, 1.165) is 22.3 Å². The first kappa shape index (κ1) is 15.0. The lowest BCUT2D eigenvalue weighted by Crippen LogP contribution is -2.18. The molecule has 0 unspecified atom stereocenters. The van der Waals surface area contributed by atoms with Crippen molar-refractivity contribution in [3.8, 4) is 11.5 Å². The van der Waals surface area contributed by atoms with Crippen LogP contribution in [0.15, 0.2) is 23.6 Å². The molecule has 3 rings (SSSR count). The van der Waals surface area contributed by atoms with Gasteiger partial charge in [0.05, 0.1) is 0 Å². The topological polar surface area (TPSA) is 34.6 Å². The van der Waals surface area contributed by atoms with Gasteiger partial charge in [0.1, 0.15) is 13.2 Å². The molecule has 0 spiro atoms. The van der Waals surface area contributed by atoms with Crippen molar-refractivity contribution in [2.45, 2.75) is 12.7 Å². The molecule has 0 fully saturated rings. The number of thiazole rings is 1. The average Bonchev–Trinajstić information content (AvgIpc) is 2.97. The van der Waals surface area contributed by atoms with Gasteiger partial charge >= 0.3 is 6.18 Å². The molecule has 0 aliphatic carbocycles. The normalized spacial score (nSPS) is 14.0. The first-order valence-corrected chi connectivity index (χ1v) is 7.44. The molecular formula is C14H13F3N2O2S. The van der Waals surface area contributed by atoms with Crippen LogP contribution in [-0.4, -0.2) is 25.2 Å². The third-order valence-corrected chi connectivity index (χ3v) is 4.09. The van der Waals surface area contributed by atoms with Crippen molar-refractivity contribution < 1.29 is 22.6 Å². The quantitative estimate of drug-likeness (QED) is 0.862. The Morgan fingerprint density at radius 3 is 2.64 bits per heavy atom. The number of nitrogens with zero attached hydrogens (tertiary/aromatic N) is 2. The lowest BCUT2D eigenvalue weighted by Gasteiger charge is -2.20. The Morgan fingerprint density at radius 1 is 1.23 bits per heavy atom. The van der Waals surface area contributed by atoms with Crippen LogP contribution in [0.1, 0.15) is 11.3 Å². The fourth-order valence-corrected chi connectivity index (χ4v) is 2.90. The van der Waals surface area contributed by atoms with Crippen LogP contribution in [0.3, 0.4) is 0 Å². The van der Waals surface area contributed by atoms with Crippen molar-refractivity contribution in [1.82, 2.24) is 4.98 Å². The molecule has 2 aromatic rings. The summed E-state index contributed by atoms with van der Waals surface area (Å²) in [5.41, 5.74) is 0.0528. The lowest BCUT2D eigenvalue weighted by atomic mass is 10.2. The summed E-state index contributed by atoms with van der Waals surface area (Å²) in [5.74, 6) is 1.35. The van der Waals surface area contributed by atoms with Crippen molar-refractivity contribution in [2.24, 2.45) is 0 Å². The monoisotopic (exact) mass is 330 g/mol. The molecule has 2 heterocycles. The largest absolute Gasteiger partial charge is 0.486 e. The number of anilines is 1. The van der Waals surface area contributed by atoms with Crippen LogP contribution < -0.4 is 14.4 Å². The molecule has 22 heavy (non-hydrogen) atoms. The average molecular weight is 330 g/mol. The van der Waals surface area contributed by atoms with Crippen LogP contribution in [-0.2, 0) is 12.7 Å². The number of aromatic nitrogens is 1. The van der Waals surface area contributed by atoms with Gasteiger partial charge in [-0.15, -0.1) is 11.3 Å². The van der Waals surface area contributed by atoms with Crippen LogP contribution >= 0.6 is 11.3 Å². The summed E-state index contributed by atoms with van der Waals surface area (Å²) in [4.78, 5) is 5.30. The highest BCUT2D eigenvalue weighted by atomic mass is 32.1. The molecular weight excluding hydrogens is 317 g/mol. The van der Waals surface area contributed by atoms with Crippen LogP contribution in [0.2, 0.25) is 0 Å². The van der Waals surface area contributed by atoms with E-state index in [4.69, 9.17) is 9.47 Å². The Morgan fingerprint density at radius 2 is 1.95 bits per heavy atom. The number of fused-ring (bicyclic) bond motifs is 1. The summed E-state index contributed by atoms with van der Waals surface area (Å²) in [5, 5.41) is 1.34.